The summed E-state index contributed by atoms with van der Waals surface area (Å²) in [7, 11) is 0. The van der Waals surface area contributed by atoms with Crippen molar-refractivity contribution in [3.63, 3.8) is 0 Å². The van der Waals surface area contributed by atoms with Crippen molar-refractivity contribution < 1.29 is 9.59 Å². The lowest BCUT2D eigenvalue weighted by Gasteiger charge is -2.22. The van der Waals surface area contributed by atoms with Gasteiger partial charge in [-0.25, -0.2) is 0 Å². The minimum absolute atomic E-state index is 0.111. The third kappa shape index (κ3) is 5.05. The summed E-state index contributed by atoms with van der Waals surface area (Å²) < 4.78 is 0.970. The number of halogens is 1. The molecular formula is C20H21BrN2O2S. The lowest BCUT2D eigenvalue weighted by molar-refractivity contribution is -0.127. The van der Waals surface area contributed by atoms with Crippen LogP contribution in [0.25, 0.3) is 6.08 Å². The van der Waals surface area contributed by atoms with Crippen LogP contribution in [0.1, 0.15) is 40.9 Å². The Labute approximate surface area is 166 Å². The van der Waals surface area contributed by atoms with E-state index in [1.807, 2.05) is 40.6 Å². The fraction of sp³-hybridized carbons (Fsp3) is 0.300. The molecule has 1 aromatic heterocycles. The maximum absolute atomic E-state index is 13.1. The first kappa shape index (κ1) is 18.9. The minimum atomic E-state index is -0.244. The maximum atomic E-state index is 13.1. The van der Waals surface area contributed by atoms with Gasteiger partial charge < -0.3 is 10.2 Å². The van der Waals surface area contributed by atoms with Crippen LogP contribution in [0.5, 0.6) is 0 Å². The average molecular weight is 433 g/mol. The summed E-state index contributed by atoms with van der Waals surface area (Å²) in [5, 5.41) is 4.68. The van der Waals surface area contributed by atoms with Gasteiger partial charge in [0.1, 0.15) is 5.70 Å². The summed E-state index contributed by atoms with van der Waals surface area (Å²) in [5.41, 5.74) is 1.20. The first-order valence-electron chi connectivity index (χ1n) is 8.75. The van der Waals surface area contributed by atoms with E-state index in [4.69, 9.17) is 0 Å². The van der Waals surface area contributed by atoms with Gasteiger partial charge in [-0.1, -0.05) is 47.0 Å². The van der Waals surface area contributed by atoms with Gasteiger partial charge in [0.05, 0.1) is 4.88 Å². The van der Waals surface area contributed by atoms with Gasteiger partial charge in [0.25, 0.3) is 11.8 Å². The molecule has 1 N–H and O–H groups in total. The number of carbonyl (C=O) groups is 2. The molecule has 26 heavy (non-hydrogen) atoms. The number of thiophene rings is 1. The fourth-order valence-electron chi connectivity index (χ4n) is 2.91. The van der Waals surface area contributed by atoms with Crippen LogP contribution in [0.15, 0.2) is 51.9 Å². The van der Waals surface area contributed by atoms with E-state index in [1.165, 1.54) is 11.3 Å². The molecule has 136 valence electrons. The Kier molecular flexibility index (Phi) is 6.63. The van der Waals surface area contributed by atoms with Crippen LogP contribution in [-0.2, 0) is 4.79 Å². The molecule has 0 spiro atoms. The molecule has 0 aliphatic carbocycles. The predicted molar refractivity (Wildman–Crippen MR) is 109 cm³/mol. The SMILES string of the molecule is O=C(N/C(=C/c1ccc(Br)cc1)C(=O)N1CCCCCC1)c1cccs1. The Bertz CT molecular complexity index is 777. The Morgan fingerprint density at radius 1 is 1.04 bits per heavy atom. The Hall–Kier alpha value is -1.92. The second kappa shape index (κ2) is 9.14. The van der Waals surface area contributed by atoms with Crippen LogP contribution in [0.3, 0.4) is 0 Å². The second-order valence-electron chi connectivity index (χ2n) is 6.25. The van der Waals surface area contributed by atoms with Crippen molar-refractivity contribution in [1.82, 2.24) is 10.2 Å². The lowest BCUT2D eigenvalue weighted by Crippen LogP contribution is -2.38. The molecule has 6 heteroatoms. The van der Waals surface area contributed by atoms with E-state index >= 15 is 0 Å². The monoisotopic (exact) mass is 432 g/mol. The van der Waals surface area contributed by atoms with Crippen molar-refractivity contribution in [3.05, 3.63) is 62.4 Å². The van der Waals surface area contributed by atoms with E-state index in [-0.39, 0.29) is 11.8 Å². The van der Waals surface area contributed by atoms with E-state index in [0.29, 0.717) is 10.6 Å². The van der Waals surface area contributed by atoms with Gasteiger partial charge in [-0.05, 0) is 48.1 Å². The van der Waals surface area contributed by atoms with Crippen molar-refractivity contribution in [2.45, 2.75) is 25.7 Å². The number of nitrogens with zero attached hydrogens (tertiary/aromatic N) is 1. The van der Waals surface area contributed by atoms with E-state index in [2.05, 4.69) is 21.2 Å². The molecule has 0 unspecified atom stereocenters. The van der Waals surface area contributed by atoms with Crippen LogP contribution < -0.4 is 5.32 Å². The number of amides is 2. The van der Waals surface area contributed by atoms with Gasteiger partial charge in [-0.2, -0.15) is 0 Å². The maximum Gasteiger partial charge on any atom is 0.270 e. The first-order valence-corrected chi connectivity index (χ1v) is 10.4. The van der Waals surface area contributed by atoms with Crippen molar-refractivity contribution >= 4 is 45.2 Å². The van der Waals surface area contributed by atoms with Crippen molar-refractivity contribution in [2.75, 3.05) is 13.1 Å². The number of hydrogen-bond acceptors (Lipinski definition) is 3. The number of nitrogens with one attached hydrogen (secondary N) is 1. The highest BCUT2D eigenvalue weighted by molar-refractivity contribution is 9.10. The van der Waals surface area contributed by atoms with Gasteiger partial charge in [-0.15, -0.1) is 11.3 Å². The van der Waals surface area contributed by atoms with Crippen LogP contribution in [0.2, 0.25) is 0 Å². The molecule has 2 heterocycles. The standard InChI is InChI=1S/C20H21BrN2O2S/c21-16-9-7-15(8-10-16)14-17(22-19(24)18-6-5-13-26-18)20(25)23-11-3-1-2-4-12-23/h5-10,13-14H,1-4,11-12H2,(H,22,24)/b17-14+. The quantitative estimate of drug-likeness (QED) is 0.712. The zero-order valence-electron chi connectivity index (χ0n) is 14.4. The molecule has 1 aliphatic heterocycles. The Morgan fingerprint density at radius 2 is 1.73 bits per heavy atom. The largest absolute Gasteiger partial charge is 0.337 e. The smallest absolute Gasteiger partial charge is 0.270 e. The molecule has 1 saturated heterocycles. The highest BCUT2D eigenvalue weighted by Gasteiger charge is 2.22. The molecule has 1 aliphatic rings. The van der Waals surface area contributed by atoms with E-state index in [1.54, 1.807) is 12.1 Å². The zero-order chi connectivity index (χ0) is 18.4. The molecule has 0 radical (unpaired) electrons. The Morgan fingerprint density at radius 3 is 2.35 bits per heavy atom. The summed E-state index contributed by atoms with van der Waals surface area (Å²) in [6.07, 6.45) is 6.08. The molecule has 0 atom stereocenters. The van der Waals surface area contributed by atoms with Crippen LogP contribution in [-0.4, -0.2) is 29.8 Å². The fourth-order valence-corrected chi connectivity index (χ4v) is 3.80. The summed E-state index contributed by atoms with van der Waals surface area (Å²) in [5.74, 6) is -0.355. The number of hydrogen-bond donors (Lipinski definition) is 1. The lowest BCUT2D eigenvalue weighted by atomic mass is 10.1. The normalized spacial score (nSPS) is 15.4. The van der Waals surface area contributed by atoms with Crippen LogP contribution in [0.4, 0.5) is 0 Å². The molecule has 0 bridgehead atoms. The number of benzene rings is 1. The first-order chi connectivity index (χ1) is 12.6. The summed E-state index contributed by atoms with van der Waals surface area (Å²) >= 11 is 4.78. The van der Waals surface area contributed by atoms with E-state index < -0.39 is 0 Å². The molecule has 3 rings (SSSR count). The average Bonchev–Trinajstić information content (AvgIpc) is 3.05. The van der Waals surface area contributed by atoms with Gasteiger partial charge in [0.15, 0.2) is 0 Å². The third-order valence-corrected chi connectivity index (χ3v) is 5.70. The number of rotatable bonds is 4. The Balaban J connectivity index is 1.85. The molecule has 0 saturated carbocycles. The predicted octanol–water partition coefficient (Wildman–Crippen LogP) is 4.68. The van der Waals surface area contributed by atoms with Gasteiger partial charge >= 0.3 is 0 Å². The van der Waals surface area contributed by atoms with Crippen molar-refractivity contribution in [3.8, 4) is 0 Å². The topological polar surface area (TPSA) is 49.4 Å². The van der Waals surface area contributed by atoms with Crippen molar-refractivity contribution in [2.24, 2.45) is 0 Å². The van der Waals surface area contributed by atoms with Crippen LogP contribution in [0, 0.1) is 0 Å². The highest BCUT2D eigenvalue weighted by Crippen LogP contribution is 2.17. The molecular weight excluding hydrogens is 412 g/mol. The molecule has 4 nitrogen and oxygen atoms in total. The molecule has 2 aromatic rings. The number of likely N-dealkylation sites (tertiary alicyclic amines) is 1. The van der Waals surface area contributed by atoms with E-state index in [0.717, 1.165) is 48.8 Å². The van der Waals surface area contributed by atoms with Gasteiger partial charge in [0.2, 0.25) is 0 Å². The number of carbonyl (C=O) groups excluding carboxylic acids is 2. The highest BCUT2D eigenvalue weighted by atomic mass is 79.9. The zero-order valence-corrected chi connectivity index (χ0v) is 16.8. The third-order valence-electron chi connectivity index (χ3n) is 4.30. The van der Waals surface area contributed by atoms with Crippen LogP contribution >= 0.6 is 27.3 Å². The van der Waals surface area contributed by atoms with Gasteiger partial charge in [-0.3, -0.25) is 9.59 Å². The minimum Gasteiger partial charge on any atom is -0.337 e. The van der Waals surface area contributed by atoms with Crippen molar-refractivity contribution in [1.29, 1.82) is 0 Å². The summed E-state index contributed by atoms with van der Waals surface area (Å²) in [4.78, 5) is 28.0. The summed E-state index contributed by atoms with van der Waals surface area (Å²) in [6.45, 7) is 1.48. The van der Waals surface area contributed by atoms with Gasteiger partial charge in [0, 0.05) is 17.6 Å². The molecule has 1 fully saturated rings. The molecule has 2 amide bonds. The molecule has 1 aromatic carbocycles. The second-order valence-corrected chi connectivity index (χ2v) is 8.11. The summed E-state index contributed by atoms with van der Waals surface area (Å²) in [6, 6.07) is 11.2. The van der Waals surface area contributed by atoms with E-state index in [9.17, 15) is 9.59 Å².